The van der Waals surface area contributed by atoms with Crippen molar-refractivity contribution >= 4 is 48.5 Å². The van der Waals surface area contributed by atoms with Gasteiger partial charge in [-0.1, -0.05) is 65.7 Å². The molecule has 0 radical (unpaired) electrons. The number of esters is 1. The summed E-state index contributed by atoms with van der Waals surface area (Å²) in [6, 6.07) is 12.4. The van der Waals surface area contributed by atoms with E-state index in [4.69, 9.17) is 18.5 Å². The maximum absolute atomic E-state index is 14.2. The van der Waals surface area contributed by atoms with Crippen LogP contribution >= 0.6 is 19.5 Å². The van der Waals surface area contributed by atoms with Crippen LogP contribution in [-0.2, 0) is 38.5 Å². The summed E-state index contributed by atoms with van der Waals surface area (Å²) < 4.78 is 38.8. The predicted molar refractivity (Wildman–Crippen MR) is 194 cm³/mol. The molecule has 1 aliphatic heterocycles. The molecule has 282 valence electrons. The highest BCUT2D eigenvalue weighted by atomic mass is 32.2. The highest BCUT2D eigenvalue weighted by Crippen LogP contribution is 2.48. The number of benzene rings is 1. The second kappa shape index (κ2) is 18.3. The Kier molecular flexibility index (Phi) is 14.4. The second-order valence-electron chi connectivity index (χ2n) is 13.0. The Morgan fingerprint density at radius 2 is 1.85 bits per heavy atom. The molecule has 3 N–H and O–H groups in total. The first-order valence-corrected chi connectivity index (χ1v) is 19.9. The number of amides is 1. The number of nitrogens with one attached hydrogen (secondary N) is 2. The van der Waals surface area contributed by atoms with Crippen LogP contribution in [-0.4, -0.2) is 80.3 Å². The molecule has 0 spiro atoms. The molecule has 3 aromatic rings. The lowest BCUT2D eigenvalue weighted by Gasteiger charge is -2.26. The lowest BCUT2D eigenvalue weighted by molar-refractivity contribution is -0.146. The summed E-state index contributed by atoms with van der Waals surface area (Å²) in [6.45, 7) is 10.6. The summed E-state index contributed by atoms with van der Waals surface area (Å²) in [5.74, 6) is -1.02. The monoisotopic (exact) mass is 758 g/mol. The summed E-state index contributed by atoms with van der Waals surface area (Å²) in [6.07, 6.45) is 0.501. The van der Waals surface area contributed by atoms with Crippen molar-refractivity contribution in [2.24, 2.45) is 17.8 Å². The van der Waals surface area contributed by atoms with Crippen LogP contribution in [0, 0.1) is 29.1 Å². The van der Waals surface area contributed by atoms with Crippen LogP contribution in [0.4, 0.5) is 5.82 Å². The first kappa shape index (κ1) is 40.9. The van der Waals surface area contributed by atoms with Gasteiger partial charge in [0.1, 0.15) is 41.6 Å². The van der Waals surface area contributed by atoms with Gasteiger partial charge < -0.3 is 24.4 Å². The van der Waals surface area contributed by atoms with E-state index in [1.807, 2.05) is 13.8 Å². The zero-order valence-electron chi connectivity index (χ0n) is 30.2. The topological polar surface area (TPSA) is 203 Å². The average molecular weight is 759 g/mol. The SMILES string of the molecule is CCC(CC)COC(=O)[C@H](C)NP(=O)(OC[C@H]1O[C@@](C#N)(c2ccc3c(NC(=O)CSCC(=O)C(C)C)ncnn23)[C@H](O)[C@@H]1C)Oc1ccccc1. The number of para-hydroxylation sites is 1. The standard InChI is InChI=1S/C35H47N6O9PS/c1-7-25(8-2)16-47-34(45)24(6)40-51(46,50-26-12-10-9-11-13-26)48-17-29-23(5)32(44)35(20-36,49-29)30-15-14-27-33(37-21-38-41(27)30)39-31(43)19-52-18-28(42)22(3)4/h9-15,21-25,29,32,44H,7-8,16-19H2,1-6H3,(H,40,46)(H,37,38,39,43)/t23-,24+,29-,32-,35+,51?/m1/s1. The Bertz CT molecular complexity index is 1780. The van der Waals surface area contributed by atoms with E-state index in [1.165, 1.54) is 35.6 Å². The molecule has 4 rings (SSSR count). The number of aliphatic hydroxyl groups excluding tert-OH is 1. The summed E-state index contributed by atoms with van der Waals surface area (Å²) in [5.41, 5.74) is -1.45. The molecule has 0 aliphatic carbocycles. The Morgan fingerprint density at radius 1 is 1.13 bits per heavy atom. The minimum atomic E-state index is -4.28. The van der Waals surface area contributed by atoms with Gasteiger partial charge in [0, 0.05) is 11.8 Å². The van der Waals surface area contributed by atoms with E-state index >= 15 is 0 Å². The van der Waals surface area contributed by atoms with Crippen LogP contribution in [0.3, 0.4) is 0 Å². The smallest absolute Gasteiger partial charge is 0.459 e. The van der Waals surface area contributed by atoms with Crippen molar-refractivity contribution in [3.63, 3.8) is 0 Å². The summed E-state index contributed by atoms with van der Waals surface area (Å²) in [7, 11) is -4.28. The third-order valence-corrected chi connectivity index (χ3v) is 11.5. The lowest BCUT2D eigenvalue weighted by atomic mass is 9.88. The number of rotatable bonds is 19. The molecule has 0 bridgehead atoms. The molecule has 1 aliphatic rings. The third kappa shape index (κ3) is 9.77. The Balaban J connectivity index is 1.51. The molecule has 6 atom stereocenters. The predicted octanol–water partition coefficient (Wildman–Crippen LogP) is 4.90. The van der Waals surface area contributed by atoms with Gasteiger partial charge in [-0.2, -0.15) is 15.4 Å². The number of carbonyl (C=O) groups is 3. The quantitative estimate of drug-likeness (QED) is 0.110. The van der Waals surface area contributed by atoms with Gasteiger partial charge in [-0.25, -0.2) is 14.1 Å². The molecule has 1 amide bonds. The molecular weight excluding hydrogens is 711 g/mol. The van der Waals surface area contributed by atoms with Gasteiger partial charge in [-0.3, -0.25) is 18.9 Å². The fraction of sp³-hybridized carbons (Fsp3) is 0.543. The molecule has 3 heterocycles. The third-order valence-electron chi connectivity index (χ3n) is 8.91. The van der Waals surface area contributed by atoms with Crippen molar-refractivity contribution in [3.8, 4) is 11.8 Å². The van der Waals surface area contributed by atoms with Gasteiger partial charge >= 0.3 is 13.7 Å². The highest BCUT2D eigenvalue weighted by Gasteiger charge is 2.56. The molecular formula is C35H47N6O9PS. The number of hydrogen-bond donors (Lipinski definition) is 3. The Hall–Kier alpha value is -3.84. The maximum atomic E-state index is 14.2. The van der Waals surface area contributed by atoms with Crippen LogP contribution in [0.25, 0.3) is 5.52 Å². The fourth-order valence-corrected chi connectivity index (χ4v) is 7.84. The number of aliphatic hydroxyl groups is 1. The molecule has 15 nitrogen and oxygen atoms in total. The fourth-order valence-electron chi connectivity index (χ4n) is 5.45. The zero-order chi connectivity index (χ0) is 38.1. The summed E-state index contributed by atoms with van der Waals surface area (Å²) in [5, 5.41) is 31.6. The van der Waals surface area contributed by atoms with Gasteiger partial charge in [0.25, 0.3) is 0 Å². The van der Waals surface area contributed by atoms with Crippen molar-refractivity contribution in [1.29, 1.82) is 5.26 Å². The number of fused-ring (bicyclic) bond motifs is 1. The molecule has 1 unspecified atom stereocenters. The van der Waals surface area contributed by atoms with E-state index in [1.54, 1.807) is 57.2 Å². The van der Waals surface area contributed by atoms with Crippen molar-refractivity contribution < 1.29 is 42.6 Å². The number of nitrogens with zero attached hydrogens (tertiary/aromatic N) is 4. The summed E-state index contributed by atoms with van der Waals surface area (Å²) >= 11 is 1.19. The van der Waals surface area contributed by atoms with Crippen LogP contribution in [0.5, 0.6) is 5.75 Å². The zero-order valence-corrected chi connectivity index (χ0v) is 31.9. The largest absolute Gasteiger partial charge is 0.464 e. The van der Waals surface area contributed by atoms with Gasteiger partial charge in [-0.15, -0.1) is 11.8 Å². The maximum Gasteiger partial charge on any atom is 0.459 e. The van der Waals surface area contributed by atoms with Crippen molar-refractivity contribution in [2.75, 3.05) is 30.0 Å². The number of aromatic nitrogens is 3. The van der Waals surface area contributed by atoms with Crippen LogP contribution < -0.4 is 14.9 Å². The molecule has 0 saturated carbocycles. The Labute approximate surface area is 307 Å². The minimum absolute atomic E-state index is 0.0240. The first-order valence-electron chi connectivity index (χ1n) is 17.2. The van der Waals surface area contributed by atoms with E-state index in [0.29, 0.717) is 5.52 Å². The number of hydrogen-bond acceptors (Lipinski definition) is 13. The van der Waals surface area contributed by atoms with E-state index in [2.05, 4.69) is 26.6 Å². The van der Waals surface area contributed by atoms with Crippen molar-refractivity contribution in [2.45, 2.75) is 78.2 Å². The van der Waals surface area contributed by atoms with Crippen LogP contribution in [0.2, 0.25) is 0 Å². The lowest BCUT2D eigenvalue weighted by Crippen LogP contribution is -2.38. The molecule has 1 saturated heterocycles. The Morgan fingerprint density at radius 3 is 2.50 bits per heavy atom. The number of carbonyl (C=O) groups excluding carboxylic acids is 3. The number of Topliss-reactive ketones (excluding diaryl/α,β-unsaturated/α-hetero) is 1. The number of ketones is 1. The molecule has 52 heavy (non-hydrogen) atoms. The number of anilines is 1. The van der Waals surface area contributed by atoms with Gasteiger partial charge in [0.2, 0.25) is 11.5 Å². The number of thioether (sulfide) groups is 1. The van der Waals surface area contributed by atoms with E-state index in [0.717, 1.165) is 12.8 Å². The molecule has 17 heteroatoms. The molecule has 1 aromatic carbocycles. The average Bonchev–Trinajstić information content (AvgIpc) is 3.67. The van der Waals surface area contributed by atoms with Crippen molar-refractivity contribution in [1.82, 2.24) is 19.7 Å². The highest BCUT2D eigenvalue weighted by molar-refractivity contribution is 8.00. The van der Waals surface area contributed by atoms with E-state index in [9.17, 15) is 29.3 Å². The first-order chi connectivity index (χ1) is 24.8. The van der Waals surface area contributed by atoms with Gasteiger partial charge in [0.15, 0.2) is 5.82 Å². The number of ether oxygens (including phenoxy) is 2. The van der Waals surface area contributed by atoms with E-state index < -0.39 is 50.1 Å². The van der Waals surface area contributed by atoms with E-state index in [-0.39, 0.29) is 58.9 Å². The van der Waals surface area contributed by atoms with Crippen LogP contribution in [0.15, 0.2) is 48.8 Å². The molecule has 2 aromatic heterocycles. The summed E-state index contributed by atoms with van der Waals surface area (Å²) in [4.78, 5) is 41.6. The van der Waals surface area contributed by atoms with Crippen molar-refractivity contribution in [3.05, 3.63) is 54.5 Å². The minimum Gasteiger partial charge on any atom is -0.464 e. The second-order valence-corrected chi connectivity index (χ2v) is 15.6. The van der Waals surface area contributed by atoms with Gasteiger partial charge in [-0.05, 0) is 37.1 Å². The normalized spacial score (nSPS) is 21.8. The molecule has 1 fully saturated rings. The number of nitriles is 1. The van der Waals surface area contributed by atoms with Gasteiger partial charge in [0.05, 0.1) is 36.5 Å². The van der Waals surface area contributed by atoms with Crippen LogP contribution in [0.1, 0.15) is 60.1 Å².